The molecule has 5 rings (SSSR count). The van der Waals surface area contributed by atoms with Crippen LogP contribution >= 0.6 is 0 Å². The molecule has 196 valence electrons. The van der Waals surface area contributed by atoms with Gasteiger partial charge in [0, 0.05) is 30.0 Å². The van der Waals surface area contributed by atoms with Crippen molar-refractivity contribution in [2.45, 2.75) is 51.7 Å². The van der Waals surface area contributed by atoms with Gasteiger partial charge in [0.1, 0.15) is 18.0 Å². The molecule has 1 fully saturated rings. The zero-order chi connectivity index (χ0) is 26.7. The predicted molar refractivity (Wildman–Crippen MR) is 145 cm³/mol. The molecular weight excluding hydrogens is 480 g/mol. The van der Waals surface area contributed by atoms with E-state index in [2.05, 4.69) is 11.1 Å². The van der Waals surface area contributed by atoms with Crippen LogP contribution in [0.4, 0.5) is 4.79 Å². The van der Waals surface area contributed by atoms with Crippen molar-refractivity contribution in [3.8, 4) is 11.3 Å². The normalized spacial score (nSPS) is 14.4. The first-order valence-corrected chi connectivity index (χ1v) is 12.9. The van der Waals surface area contributed by atoms with Gasteiger partial charge in [0.15, 0.2) is 5.58 Å². The Morgan fingerprint density at radius 1 is 1.00 bits per heavy atom. The molecule has 1 aliphatic heterocycles. The summed E-state index contributed by atoms with van der Waals surface area (Å²) in [4.78, 5) is 31.1. The lowest BCUT2D eigenvalue weighted by molar-refractivity contribution is 0.0200. The van der Waals surface area contributed by atoms with E-state index in [0.29, 0.717) is 18.7 Å². The predicted octanol–water partition coefficient (Wildman–Crippen LogP) is 6.97. The molecule has 0 saturated carbocycles. The van der Waals surface area contributed by atoms with E-state index in [1.165, 1.54) is 0 Å². The summed E-state index contributed by atoms with van der Waals surface area (Å²) in [5.74, 6) is 0.797. The Balaban J connectivity index is 1.22. The molecule has 38 heavy (non-hydrogen) atoms. The van der Waals surface area contributed by atoms with Crippen molar-refractivity contribution in [2.75, 3.05) is 13.1 Å². The largest absolute Gasteiger partial charge is 0.459 e. The molecular formula is C31H32N2O5. The Bertz CT molecular complexity index is 1410. The van der Waals surface area contributed by atoms with Crippen LogP contribution in [0.25, 0.3) is 22.2 Å². The van der Waals surface area contributed by atoms with E-state index in [1.807, 2.05) is 69.3 Å². The SMILES string of the molecule is CC(C)(C)OC(=O)N1CCC(c2cc3cc(-c4ccc(C(=O)OCc5ccccc5)cc4)ncc3o2)CC1. The number of nitrogens with zero attached hydrogens (tertiary/aromatic N) is 2. The molecule has 1 amide bonds. The molecule has 0 spiro atoms. The van der Waals surface area contributed by atoms with Crippen molar-refractivity contribution in [3.05, 3.63) is 89.8 Å². The number of hydrogen-bond donors (Lipinski definition) is 0. The van der Waals surface area contributed by atoms with Crippen molar-refractivity contribution in [2.24, 2.45) is 0 Å². The molecule has 2 aromatic heterocycles. The number of benzene rings is 2. The quantitative estimate of drug-likeness (QED) is 0.269. The molecule has 0 unspecified atom stereocenters. The molecule has 0 N–H and O–H groups in total. The van der Waals surface area contributed by atoms with Crippen LogP contribution < -0.4 is 0 Å². The number of carbonyl (C=O) groups excluding carboxylic acids is 2. The number of piperidine rings is 1. The molecule has 4 aromatic rings. The third-order valence-electron chi connectivity index (χ3n) is 6.60. The molecule has 0 radical (unpaired) electrons. The monoisotopic (exact) mass is 512 g/mol. The molecule has 0 bridgehead atoms. The van der Waals surface area contributed by atoms with Crippen LogP contribution in [-0.4, -0.2) is 40.6 Å². The molecule has 7 heteroatoms. The first kappa shape index (κ1) is 25.5. The lowest BCUT2D eigenvalue weighted by atomic mass is 9.94. The van der Waals surface area contributed by atoms with Crippen LogP contribution in [0.15, 0.2) is 77.3 Å². The number of esters is 1. The number of carbonyl (C=O) groups is 2. The highest BCUT2D eigenvalue weighted by molar-refractivity contribution is 5.90. The van der Waals surface area contributed by atoms with E-state index in [9.17, 15) is 9.59 Å². The summed E-state index contributed by atoms with van der Waals surface area (Å²) in [6, 6.07) is 20.9. The van der Waals surface area contributed by atoms with Gasteiger partial charge in [0.2, 0.25) is 0 Å². The minimum Gasteiger partial charge on any atom is -0.459 e. The fourth-order valence-corrected chi connectivity index (χ4v) is 4.58. The number of furan rings is 1. The van der Waals surface area contributed by atoms with E-state index in [4.69, 9.17) is 13.9 Å². The highest BCUT2D eigenvalue weighted by atomic mass is 16.6. The zero-order valence-corrected chi connectivity index (χ0v) is 22.0. The fraction of sp³-hybridized carbons (Fsp3) is 0.323. The average molecular weight is 513 g/mol. The molecule has 7 nitrogen and oxygen atoms in total. The fourth-order valence-electron chi connectivity index (χ4n) is 4.58. The Morgan fingerprint density at radius 3 is 2.39 bits per heavy atom. The second-order valence-electron chi connectivity index (χ2n) is 10.6. The third kappa shape index (κ3) is 6.05. The maximum atomic E-state index is 12.4. The van der Waals surface area contributed by atoms with Gasteiger partial charge in [-0.3, -0.25) is 4.98 Å². The third-order valence-corrected chi connectivity index (χ3v) is 6.60. The van der Waals surface area contributed by atoms with Crippen LogP contribution in [0.3, 0.4) is 0 Å². The number of aromatic nitrogens is 1. The standard InChI is InChI=1S/C31H32N2O5/c1-31(2,3)38-30(35)33-15-13-23(14-16-33)27-18-25-17-26(32-19-28(25)37-27)22-9-11-24(12-10-22)29(34)36-20-21-7-5-4-6-8-21/h4-12,17-19,23H,13-16,20H2,1-3H3. The Kier molecular flexibility index (Phi) is 7.18. The Labute approximate surface area is 222 Å². The van der Waals surface area contributed by atoms with Crippen LogP contribution in [0, 0.1) is 0 Å². The van der Waals surface area contributed by atoms with E-state index in [-0.39, 0.29) is 24.6 Å². The maximum absolute atomic E-state index is 12.4. The van der Waals surface area contributed by atoms with E-state index < -0.39 is 5.60 Å². The molecule has 3 heterocycles. The van der Waals surface area contributed by atoms with Gasteiger partial charge in [-0.2, -0.15) is 0 Å². The lowest BCUT2D eigenvalue weighted by Crippen LogP contribution is -2.41. The van der Waals surface area contributed by atoms with Gasteiger partial charge >= 0.3 is 12.1 Å². The van der Waals surface area contributed by atoms with Crippen LogP contribution in [0.5, 0.6) is 0 Å². The summed E-state index contributed by atoms with van der Waals surface area (Å²) in [6.07, 6.45) is 3.12. The minimum atomic E-state index is -0.497. The van der Waals surface area contributed by atoms with Crippen LogP contribution in [-0.2, 0) is 16.1 Å². The van der Waals surface area contributed by atoms with E-state index >= 15 is 0 Å². The van der Waals surface area contributed by atoms with Gasteiger partial charge in [-0.15, -0.1) is 0 Å². The highest BCUT2D eigenvalue weighted by Gasteiger charge is 2.29. The smallest absolute Gasteiger partial charge is 0.410 e. The van der Waals surface area contributed by atoms with Gasteiger partial charge in [-0.25, -0.2) is 9.59 Å². The Hall–Kier alpha value is -4.13. The van der Waals surface area contributed by atoms with Gasteiger partial charge < -0.3 is 18.8 Å². The molecule has 2 aromatic carbocycles. The van der Waals surface area contributed by atoms with Crippen molar-refractivity contribution in [1.82, 2.24) is 9.88 Å². The second-order valence-corrected chi connectivity index (χ2v) is 10.6. The van der Waals surface area contributed by atoms with Crippen molar-refractivity contribution >= 4 is 23.0 Å². The summed E-state index contributed by atoms with van der Waals surface area (Å²) in [7, 11) is 0. The number of hydrogen-bond acceptors (Lipinski definition) is 6. The Morgan fingerprint density at radius 2 is 1.71 bits per heavy atom. The molecule has 1 saturated heterocycles. The number of fused-ring (bicyclic) bond motifs is 1. The second kappa shape index (κ2) is 10.7. The summed E-state index contributed by atoms with van der Waals surface area (Å²) in [5, 5.41) is 0.978. The van der Waals surface area contributed by atoms with Crippen LogP contribution in [0.1, 0.15) is 61.2 Å². The zero-order valence-electron chi connectivity index (χ0n) is 22.0. The number of pyridine rings is 1. The van der Waals surface area contributed by atoms with Gasteiger partial charge in [0.25, 0.3) is 0 Å². The first-order valence-electron chi connectivity index (χ1n) is 12.9. The van der Waals surface area contributed by atoms with Crippen LogP contribution in [0.2, 0.25) is 0 Å². The topological polar surface area (TPSA) is 81.9 Å². The number of rotatable bonds is 5. The van der Waals surface area contributed by atoms with Gasteiger partial charge in [-0.05, 0) is 63.4 Å². The van der Waals surface area contributed by atoms with E-state index in [1.54, 1.807) is 23.2 Å². The highest BCUT2D eigenvalue weighted by Crippen LogP contribution is 2.34. The number of likely N-dealkylation sites (tertiary alicyclic amines) is 1. The lowest BCUT2D eigenvalue weighted by Gasteiger charge is -2.32. The summed E-state index contributed by atoms with van der Waals surface area (Å²) in [6.45, 7) is 7.15. The van der Waals surface area contributed by atoms with E-state index in [0.717, 1.165) is 46.4 Å². The first-order chi connectivity index (χ1) is 18.2. The number of amides is 1. The van der Waals surface area contributed by atoms with Gasteiger partial charge in [0.05, 0.1) is 17.5 Å². The minimum absolute atomic E-state index is 0.239. The maximum Gasteiger partial charge on any atom is 0.410 e. The average Bonchev–Trinajstić information content (AvgIpc) is 3.35. The summed E-state index contributed by atoms with van der Waals surface area (Å²) < 4.78 is 17.1. The molecule has 1 aliphatic rings. The summed E-state index contributed by atoms with van der Waals surface area (Å²) in [5.41, 5.74) is 3.38. The van der Waals surface area contributed by atoms with Crippen molar-refractivity contribution in [1.29, 1.82) is 0 Å². The summed E-state index contributed by atoms with van der Waals surface area (Å²) >= 11 is 0. The molecule has 0 atom stereocenters. The van der Waals surface area contributed by atoms with Crippen molar-refractivity contribution in [3.63, 3.8) is 0 Å². The number of ether oxygens (including phenoxy) is 2. The van der Waals surface area contributed by atoms with Crippen molar-refractivity contribution < 1.29 is 23.5 Å². The molecule has 0 aliphatic carbocycles. The van der Waals surface area contributed by atoms with Gasteiger partial charge in [-0.1, -0.05) is 42.5 Å².